The summed E-state index contributed by atoms with van der Waals surface area (Å²) in [4.78, 5) is 11.6. The van der Waals surface area contributed by atoms with Crippen molar-refractivity contribution in [1.82, 2.24) is 24.8 Å². The molecule has 0 aliphatic carbocycles. The van der Waals surface area contributed by atoms with Gasteiger partial charge in [0.25, 0.3) is 0 Å². The van der Waals surface area contributed by atoms with Gasteiger partial charge in [-0.05, 0) is 27.7 Å². The smallest absolute Gasteiger partial charge is 0.315 e. The first-order chi connectivity index (χ1) is 8.85. The lowest BCUT2D eigenvalue weighted by molar-refractivity contribution is 0.231. The van der Waals surface area contributed by atoms with Gasteiger partial charge in [0.05, 0.1) is 5.69 Å². The second-order valence-corrected chi connectivity index (χ2v) is 5.71. The molecule has 0 saturated carbocycles. The molecule has 0 aliphatic heterocycles. The Kier molecular flexibility index (Phi) is 3.50. The monoisotopic (exact) mass is 263 g/mol. The molecule has 2 amide bonds. The molecule has 104 valence electrons. The second kappa shape index (κ2) is 4.95. The van der Waals surface area contributed by atoms with E-state index in [4.69, 9.17) is 0 Å². The predicted octanol–water partition coefficient (Wildman–Crippen LogP) is 1.54. The van der Waals surface area contributed by atoms with E-state index >= 15 is 0 Å². The van der Waals surface area contributed by atoms with Crippen molar-refractivity contribution in [2.75, 3.05) is 6.54 Å². The van der Waals surface area contributed by atoms with Crippen LogP contribution in [0.1, 0.15) is 26.5 Å². The maximum absolute atomic E-state index is 11.6. The fraction of sp³-hybridized carbons (Fsp3) is 0.538. The summed E-state index contributed by atoms with van der Waals surface area (Å²) in [6, 6.07) is 1.88. The van der Waals surface area contributed by atoms with Gasteiger partial charge in [0.15, 0.2) is 0 Å². The lowest BCUT2D eigenvalue weighted by Crippen LogP contribution is -2.47. The molecule has 6 heteroatoms. The van der Waals surface area contributed by atoms with Crippen molar-refractivity contribution in [1.29, 1.82) is 0 Å². The van der Waals surface area contributed by atoms with Gasteiger partial charge in [-0.1, -0.05) is 0 Å². The standard InChI is InChI=1S/C13H21N5O/c1-10-9-11-17(7-8-18(11)16-10)6-5-14-12(19)15-13(2,3)4/h7-9H,5-6H2,1-4H3,(H2,14,15,19). The molecule has 0 atom stereocenters. The average molecular weight is 263 g/mol. The number of carbonyl (C=O) groups excluding carboxylic acids is 1. The number of amides is 2. The zero-order chi connectivity index (χ0) is 14.0. The van der Waals surface area contributed by atoms with E-state index in [0.717, 1.165) is 17.9 Å². The van der Waals surface area contributed by atoms with Crippen LogP contribution >= 0.6 is 0 Å². The van der Waals surface area contributed by atoms with Crippen molar-refractivity contribution in [3.63, 3.8) is 0 Å². The summed E-state index contributed by atoms with van der Waals surface area (Å²) in [5, 5.41) is 10.0. The van der Waals surface area contributed by atoms with Gasteiger partial charge < -0.3 is 15.2 Å². The largest absolute Gasteiger partial charge is 0.336 e. The van der Waals surface area contributed by atoms with E-state index in [1.807, 2.05) is 50.7 Å². The summed E-state index contributed by atoms with van der Waals surface area (Å²) < 4.78 is 3.90. The quantitative estimate of drug-likeness (QED) is 0.882. The number of carbonyl (C=O) groups is 1. The second-order valence-electron chi connectivity index (χ2n) is 5.71. The summed E-state index contributed by atoms with van der Waals surface area (Å²) in [7, 11) is 0. The number of fused-ring (bicyclic) bond motifs is 1. The molecule has 2 heterocycles. The SMILES string of the molecule is Cc1cc2n(CCNC(=O)NC(C)(C)C)ccn2n1. The minimum absolute atomic E-state index is 0.139. The highest BCUT2D eigenvalue weighted by Gasteiger charge is 2.12. The molecule has 0 spiro atoms. The molecule has 0 radical (unpaired) electrons. The molecule has 0 fully saturated rings. The van der Waals surface area contributed by atoms with Crippen LogP contribution in [0, 0.1) is 6.92 Å². The molecule has 0 unspecified atom stereocenters. The number of nitrogens with one attached hydrogen (secondary N) is 2. The molecule has 6 nitrogen and oxygen atoms in total. The van der Waals surface area contributed by atoms with Gasteiger partial charge in [-0.25, -0.2) is 9.31 Å². The highest BCUT2D eigenvalue weighted by Crippen LogP contribution is 2.06. The number of urea groups is 1. The Labute approximate surface area is 112 Å². The number of imidazole rings is 1. The van der Waals surface area contributed by atoms with Crippen LogP contribution < -0.4 is 10.6 Å². The van der Waals surface area contributed by atoms with Crippen LogP contribution in [0.2, 0.25) is 0 Å². The van der Waals surface area contributed by atoms with Crippen LogP contribution in [0.3, 0.4) is 0 Å². The molecule has 0 aromatic carbocycles. The summed E-state index contributed by atoms with van der Waals surface area (Å²) in [6.07, 6.45) is 3.88. The zero-order valence-corrected chi connectivity index (χ0v) is 11.9. The van der Waals surface area contributed by atoms with Crippen molar-refractivity contribution in [2.24, 2.45) is 0 Å². The van der Waals surface area contributed by atoms with Crippen molar-refractivity contribution in [3.05, 3.63) is 24.2 Å². The number of rotatable bonds is 3. The highest BCUT2D eigenvalue weighted by atomic mass is 16.2. The van der Waals surface area contributed by atoms with E-state index in [1.165, 1.54) is 0 Å². The molecule has 2 aromatic heterocycles. The third kappa shape index (κ3) is 3.49. The van der Waals surface area contributed by atoms with Crippen LogP contribution in [0.25, 0.3) is 5.65 Å². The van der Waals surface area contributed by atoms with E-state index in [1.54, 1.807) is 0 Å². The molecule has 0 bridgehead atoms. The maximum atomic E-state index is 11.6. The molecule has 19 heavy (non-hydrogen) atoms. The minimum atomic E-state index is -0.215. The Balaban J connectivity index is 1.87. The van der Waals surface area contributed by atoms with Gasteiger partial charge in [-0.15, -0.1) is 0 Å². The van der Waals surface area contributed by atoms with E-state index in [0.29, 0.717) is 6.54 Å². The van der Waals surface area contributed by atoms with Crippen LogP contribution in [0.5, 0.6) is 0 Å². The zero-order valence-electron chi connectivity index (χ0n) is 11.9. The highest BCUT2D eigenvalue weighted by molar-refractivity contribution is 5.74. The Morgan fingerprint density at radius 2 is 2.11 bits per heavy atom. The van der Waals surface area contributed by atoms with Gasteiger partial charge in [0.2, 0.25) is 0 Å². The van der Waals surface area contributed by atoms with Gasteiger partial charge in [0.1, 0.15) is 5.65 Å². The van der Waals surface area contributed by atoms with Crippen molar-refractivity contribution >= 4 is 11.7 Å². The van der Waals surface area contributed by atoms with E-state index in [-0.39, 0.29) is 11.6 Å². The topological polar surface area (TPSA) is 63.4 Å². The van der Waals surface area contributed by atoms with Gasteiger partial charge in [-0.3, -0.25) is 0 Å². The lowest BCUT2D eigenvalue weighted by Gasteiger charge is -2.20. The molecular formula is C13H21N5O. The first kappa shape index (κ1) is 13.5. The fourth-order valence-electron chi connectivity index (χ4n) is 1.91. The Bertz CT molecular complexity index is 575. The summed E-state index contributed by atoms with van der Waals surface area (Å²) in [5.41, 5.74) is 1.81. The van der Waals surface area contributed by atoms with Crippen molar-refractivity contribution in [3.8, 4) is 0 Å². The van der Waals surface area contributed by atoms with Crippen molar-refractivity contribution < 1.29 is 4.79 Å². The maximum Gasteiger partial charge on any atom is 0.315 e. The molecule has 2 aromatic rings. The Morgan fingerprint density at radius 1 is 1.37 bits per heavy atom. The van der Waals surface area contributed by atoms with E-state index < -0.39 is 0 Å². The van der Waals surface area contributed by atoms with E-state index in [9.17, 15) is 4.79 Å². The molecule has 0 saturated heterocycles. The number of nitrogens with zero attached hydrogens (tertiary/aromatic N) is 3. The predicted molar refractivity (Wildman–Crippen MR) is 74.2 cm³/mol. The third-order valence-corrected chi connectivity index (χ3v) is 2.65. The summed E-state index contributed by atoms with van der Waals surface area (Å²) in [5.74, 6) is 0. The third-order valence-electron chi connectivity index (χ3n) is 2.65. The first-order valence-corrected chi connectivity index (χ1v) is 6.42. The Morgan fingerprint density at radius 3 is 2.79 bits per heavy atom. The molecule has 2 rings (SSSR count). The van der Waals surface area contributed by atoms with Crippen molar-refractivity contribution in [2.45, 2.75) is 39.8 Å². The Hall–Kier alpha value is -1.98. The lowest BCUT2D eigenvalue weighted by atomic mass is 10.1. The minimum Gasteiger partial charge on any atom is -0.336 e. The normalized spacial score (nSPS) is 11.8. The van der Waals surface area contributed by atoms with Gasteiger partial charge in [0, 0.05) is 37.1 Å². The van der Waals surface area contributed by atoms with E-state index in [2.05, 4.69) is 20.3 Å². The van der Waals surface area contributed by atoms with Gasteiger partial charge >= 0.3 is 6.03 Å². The van der Waals surface area contributed by atoms with Gasteiger partial charge in [-0.2, -0.15) is 5.10 Å². The fourth-order valence-corrected chi connectivity index (χ4v) is 1.91. The summed E-state index contributed by atoms with van der Waals surface area (Å²) in [6.45, 7) is 9.13. The molecule has 0 aliphatic rings. The first-order valence-electron chi connectivity index (χ1n) is 6.42. The van der Waals surface area contributed by atoms with Crippen LogP contribution in [-0.4, -0.2) is 32.3 Å². The molecule has 2 N–H and O–H groups in total. The van der Waals surface area contributed by atoms with Crippen LogP contribution in [0.4, 0.5) is 4.79 Å². The number of hydrogen-bond acceptors (Lipinski definition) is 2. The number of aryl methyl sites for hydroxylation is 1. The summed E-state index contributed by atoms with van der Waals surface area (Å²) >= 11 is 0. The average Bonchev–Trinajstić information content (AvgIpc) is 2.76. The number of hydrogen-bond donors (Lipinski definition) is 2. The van der Waals surface area contributed by atoms with Crippen LogP contribution in [-0.2, 0) is 6.54 Å². The van der Waals surface area contributed by atoms with Crippen LogP contribution in [0.15, 0.2) is 18.5 Å². The number of aromatic nitrogens is 3. The molecular weight excluding hydrogens is 242 g/mol.